The van der Waals surface area contributed by atoms with E-state index in [1.807, 2.05) is 0 Å². The van der Waals surface area contributed by atoms with Gasteiger partial charge in [0.05, 0.1) is 12.0 Å². The summed E-state index contributed by atoms with van der Waals surface area (Å²) in [6.45, 7) is 1.65. The predicted octanol–water partition coefficient (Wildman–Crippen LogP) is 2.65. The summed E-state index contributed by atoms with van der Waals surface area (Å²) >= 11 is 0. The van der Waals surface area contributed by atoms with Crippen LogP contribution in [-0.2, 0) is 16.0 Å². The quantitative estimate of drug-likeness (QED) is 0.422. The average molecular weight is 390 g/mol. The molecule has 2 rings (SSSR count). The molecule has 1 atom stereocenters. The van der Waals surface area contributed by atoms with Crippen LogP contribution >= 0.6 is 0 Å². The van der Waals surface area contributed by atoms with Crippen LogP contribution in [0.3, 0.4) is 0 Å². The van der Waals surface area contributed by atoms with Gasteiger partial charge >= 0.3 is 5.97 Å². The zero-order valence-corrected chi connectivity index (χ0v) is 15.3. The van der Waals surface area contributed by atoms with Gasteiger partial charge in [-0.25, -0.2) is 9.18 Å². The van der Waals surface area contributed by atoms with Crippen LogP contribution in [0.15, 0.2) is 42.5 Å². The van der Waals surface area contributed by atoms with Crippen LogP contribution in [0.1, 0.15) is 22.8 Å². The van der Waals surface area contributed by atoms with Crippen LogP contribution in [0.4, 0.5) is 10.1 Å². The Hall–Kier alpha value is -3.49. The van der Waals surface area contributed by atoms with E-state index < -0.39 is 22.9 Å². The first-order chi connectivity index (χ1) is 13.3. The molecule has 28 heavy (non-hydrogen) atoms. The van der Waals surface area contributed by atoms with Gasteiger partial charge in [0, 0.05) is 18.7 Å². The van der Waals surface area contributed by atoms with Crippen LogP contribution < -0.4 is 10.1 Å². The van der Waals surface area contributed by atoms with Gasteiger partial charge in [-0.2, -0.15) is 0 Å². The summed E-state index contributed by atoms with van der Waals surface area (Å²) in [6, 6.07) is 9.38. The molecule has 0 bridgehead atoms. The molecule has 0 saturated carbocycles. The monoisotopic (exact) mass is 390 g/mol. The second-order valence-corrected chi connectivity index (χ2v) is 5.86. The van der Waals surface area contributed by atoms with Gasteiger partial charge in [0.1, 0.15) is 17.1 Å². The number of benzene rings is 2. The molecule has 0 radical (unpaired) electrons. The van der Waals surface area contributed by atoms with E-state index in [1.54, 1.807) is 12.1 Å². The lowest BCUT2D eigenvalue weighted by Crippen LogP contribution is -2.37. The van der Waals surface area contributed by atoms with Crippen molar-refractivity contribution in [3.8, 4) is 5.75 Å². The molecule has 8 nitrogen and oxygen atoms in total. The summed E-state index contributed by atoms with van der Waals surface area (Å²) in [6.07, 6.45) is -0.643. The smallest absolute Gasteiger partial charge is 0.342 e. The molecule has 0 aliphatic rings. The molecule has 0 spiro atoms. The lowest BCUT2D eigenvalue weighted by Gasteiger charge is -2.14. The number of nitrogens with zero attached hydrogens (tertiary/aromatic N) is 1. The molecule has 9 heteroatoms. The van der Waals surface area contributed by atoms with Crippen molar-refractivity contribution >= 4 is 17.6 Å². The van der Waals surface area contributed by atoms with E-state index in [9.17, 15) is 24.1 Å². The van der Waals surface area contributed by atoms with E-state index in [0.717, 1.165) is 11.6 Å². The van der Waals surface area contributed by atoms with Crippen molar-refractivity contribution in [1.82, 2.24) is 5.32 Å². The number of carbonyl (C=O) groups excluding carboxylic acids is 2. The van der Waals surface area contributed by atoms with Crippen molar-refractivity contribution in [2.45, 2.75) is 19.4 Å². The minimum absolute atomic E-state index is 0.0968. The third-order valence-corrected chi connectivity index (χ3v) is 3.89. The fourth-order valence-electron chi connectivity index (χ4n) is 2.37. The Balaban J connectivity index is 1.93. The Labute approximate surface area is 160 Å². The fourth-order valence-corrected chi connectivity index (χ4v) is 2.37. The number of ether oxygens (including phenoxy) is 2. The summed E-state index contributed by atoms with van der Waals surface area (Å²) in [5.41, 5.74) is 0.388. The summed E-state index contributed by atoms with van der Waals surface area (Å²) in [5, 5.41) is 13.5. The lowest BCUT2D eigenvalue weighted by atomic mass is 10.1. The van der Waals surface area contributed by atoms with E-state index >= 15 is 0 Å². The highest BCUT2D eigenvalue weighted by molar-refractivity contribution is 5.95. The zero-order chi connectivity index (χ0) is 20.7. The van der Waals surface area contributed by atoms with Gasteiger partial charge in [0.25, 0.3) is 11.6 Å². The Morgan fingerprint density at radius 3 is 2.50 bits per heavy atom. The Morgan fingerprint density at radius 1 is 1.21 bits per heavy atom. The summed E-state index contributed by atoms with van der Waals surface area (Å²) < 4.78 is 23.0. The highest BCUT2D eigenvalue weighted by Gasteiger charge is 2.23. The molecule has 1 amide bonds. The van der Waals surface area contributed by atoms with Crippen molar-refractivity contribution in [1.29, 1.82) is 0 Å². The standard InChI is InChI=1S/C19H19FN2O6/c1-12(18(23)21-10-9-13-3-5-14(20)6-4-13)28-19(24)16-11-15(22(25)26)7-8-17(16)27-2/h3-8,11-12H,9-10H2,1-2H3,(H,21,23)/t12-/m1/s1. The molecular formula is C19H19FN2O6. The molecular weight excluding hydrogens is 371 g/mol. The third-order valence-electron chi connectivity index (χ3n) is 3.89. The molecule has 0 aromatic heterocycles. The van der Waals surface area contributed by atoms with Gasteiger partial charge in [-0.3, -0.25) is 14.9 Å². The van der Waals surface area contributed by atoms with Gasteiger partial charge in [-0.1, -0.05) is 12.1 Å². The number of nitrogens with one attached hydrogen (secondary N) is 1. The number of nitro benzene ring substituents is 1. The Bertz CT molecular complexity index is 869. The SMILES string of the molecule is COc1ccc([N+](=O)[O-])cc1C(=O)O[C@H](C)C(=O)NCCc1ccc(F)cc1. The van der Waals surface area contributed by atoms with Gasteiger partial charge in [-0.05, 0) is 37.1 Å². The first-order valence-electron chi connectivity index (χ1n) is 8.37. The average Bonchev–Trinajstić information content (AvgIpc) is 2.68. The molecule has 2 aromatic carbocycles. The number of halogens is 1. The molecule has 0 saturated heterocycles. The van der Waals surface area contributed by atoms with Crippen molar-refractivity contribution in [3.05, 3.63) is 69.5 Å². The summed E-state index contributed by atoms with van der Waals surface area (Å²) in [5.74, 6) is -1.69. The largest absolute Gasteiger partial charge is 0.496 e. The fraction of sp³-hybridized carbons (Fsp3) is 0.263. The van der Waals surface area contributed by atoms with Gasteiger partial charge in [0.2, 0.25) is 0 Å². The number of methoxy groups -OCH3 is 1. The zero-order valence-electron chi connectivity index (χ0n) is 15.3. The van der Waals surface area contributed by atoms with Crippen molar-refractivity contribution in [2.75, 3.05) is 13.7 Å². The Morgan fingerprint density at radius 2 is 1.89 bits per heavy atom. The summed E-state index contributed by atoms with van der Waals surface area (Å²) in [4.78, 5) is 34.6. The number of rotatable bonds is 8. The first kappa shape index (κ1) is 20.8. The molecule has 0 fully saturated rings. The molecule has 0 aliphatic carbocycles. The van der Waals surface area contributed by atoms with Crippen LogP contribution in [0.25, 0.3) is 0 Å². The van der Waals surface area contributed by atoms with Crippen LogP contribution in [-0.4, -0.2) is 36.6 Å². The van der Waals surface area contributed by atoms with Crippen LogP contribution in [0.5, 0.6) is 5.75 Å². The Kier molecular flexibility index (Phi) is 7.02. The van der Waals surface area contributed by atoms with Crippen LogP contribution in [0.2, 0.25) is 0 Å². The molecule has 0 unspecified atom stereocenters. The van der Waals surface area contributed by atoms with E-state index in [2.05, 4.69) is 5.32 Å². The van der Waals surface area contributed by atoms with Gasteiger partial charge in [-0.15, -0.1) is 0 Å². The normalized spacial score (nSPS) is 11.4. The maximum Gasteiger partial charge on any atom is 0.342 e. The van der Waals surface area contributed by atoms with E-state index in [4.69, 9.17) is 9.47 Å². The van der Waals surface area contributed by atoms with E-state index in [-0.39, 0.29) is 29.4 Å². The van der Waals surface area contributed by atoms with Crippen molar-refractivity contribution in [2.24, 2.45) is 0 Å². The number of non-ortho nitro benzene ring substituents is 1. The molecule has 1 N–H and O–H groups in total. The third kappa shape index (κ3) is 5.50. The molecule has 0 heterocycles. The van der Waals surface area contributed by atoms with Crippen molar-refractivity contribution in [3.63, 3.8) is 0 Å². The highest BCUT2D eigenvalue weighted by Crippen LogP contribution is 2.25. The van der Waals surface area contributed by atoms with Gasteiger partial charge < -0.3 is 14.8 Å². The highest BCUT2D eigenvalue weighted by atomic mass is 19.1. The topological polar surface area (TPSA) is 108 Å². The molecule has 148 valence electrons. The number of carbonyl (C=O) groups is 2. The van der Waals surface area contributed by atoms with Gasteiger partial charge in [0.15, 0.2) is 6.10 Å². The lowest BCUT2D eigenvalue weighted by molar-refractivity contribution is -0.384. The maximum absolute atomic E-state index is 12.9. The second kappa shape index (κ2) is 9.45. The number of nitro groups is 1. The minimum Gasteiger partial charge on any atom is -0.496 e. The van der Waals surface area contributed by atoms with E-state index in [1.165, 1.54) is 38.3 Å². The maximum atomic E-state index is 12.9. The van der Waals surface area contributed by atoms with Crippen LogP contribution in [0, 0.1) is 15.9 Å². The minimum atomic E-state index is -1.12. The van der Waals surface area contributed by atoms with Crippen molar-refractivity contribution < 1.29 is 28.4 Å². The molecule has 2 aromatic rings. The summed E-state index contributed by atoms with van der Waals surface area (Å²) in [7, 11) is 1.31. The predicted molar refractivity (Wildman–Crippen MR) is 97.6 cm³/mol. The second-order valence-electron chi connectivity index (χ2n) is 5.86. The number of amides is 1. The first-order valence-corrected chi connectivity index (χ1v) is 8.37. The van der Waals surface area contributed by atoms with E-state index in [0.29, 0.717) is 6.42 Å². The number of hydrogen-bond acceptors (Lipinski definition) is 6. The molecule has 0 aliphatic heterocycles. The number of hydrogen-bond donors (Lipinski definition) is 1. The number of esters is 1.